The second kappa shape index (κ2) is 10.7. The number of nitrogens with zero attached hydrogens (tertiary/aromatic N) is 3. The average molecular weight is 484 g/mol. The van der Waals surface area contributed by atoms with Crippen LogP contribution in [0.2, 0.25) is 0 Å². The van der Waals surface area contributed by atoms with E-state index in [1.807, 2.05) is 56.3 Å². The predicted octanol–water partition coefficient (Wildman–Crippen LogP) is 2.76. The molecule has 1 N–H and O–H groups in total. The molecule has 0 radical (unpaired) electrons. The van der Waals surface area contributed by atoms with Crippen LogP contribution in [-0.4, -0.2) is 80.6 Å². The Labute approximate surface area is 208 Å². The zero-order valence-electron chi connectivity index (χ0n) is 21.4. The molecule has 2 aliphatic rings. The van der Waals surface area contributed by atoms with Crippen molar-refractivity contribution >= 4 is 11.6 Å². The summed E-state index contributed by atoms with van der Waals surface area (Å²) < 4.78 is 17.6. The molecule has 2 aromatic carbocycles. The van der Waals surface area contributed by atoms with E-state index in [-0.39, 0.29) is 43.8 Å². The van der Waals surface area contributed by atoms with Crippen LogP contribution >= 0.6 is 0 Å². The van der Waals surface area contributed by atoms with Crippen LogP contribution in [0.5, 0.6) is 17.2 Å². The number of rotatable bonds is 7. The Balaban J connectivity index is 1.57. The maximum absolute atomic E-state index is 13.3. The molecular weight excluding hydrogens is 446 g/mol. The van der Waals surface area contributed by atoms with Gasteiger partial charge in [0.05, 0.1) is 19.1 Å². The van der Waals surface area contributed by atoms with Crippen LogP contribution in [0.4, 0.5) is 5.69 Å². The van der Waals surface area contributed by atoms with Gasteiger partial charge in [-0.25, -0.2) is 0 Å². The molecule has 3 atom stereocenters. The third-order valence-electron chi connectivity index (χ3n) is 6.80. The highest BCUT2D eigenvalue weighted by Crippen LogP contribution is 2.33. The fourth-order valence-electron chi connectivity index (χ4n) is 4.63. The van der Waals surface area contributed by atoms with Gasteiger partial charge >= 0.3 is 0 Å². The molecule has 0 saturated heterocycles. The molecule has 0 unspecified atom stereocenters. The summed E-state index contributed by atoms with van der Waals surface area (Å²) in [6.45, 7) is 6.13. The molecule has 0 saturated carbocycles. The lowest BCUT2D eigenvalue weighted by molar-refractivity contribution is -0.134. The van der Waals surface area contributed by atoms with Gasteiger partial charge < -0.3 is 29.1 Å². The van der Waals surface area contributed by atoms with Gasteiger partial charge in [-0.3, -0.25) is 9.69 Å². The van der Waals surface area contributed by atoms with Crippen LogP contribution in [-0.2, 0) is 17.8 Å². The van der Waals surface area contributed by atoms with Gasteiger partial charge in [0.1, 0.15) is 11.9 Å². The number of hydrogen-bond donors (Lipinski definition) is 1. The van der Waals surface area contributed by atoms with Gasteiger partial charge in [0.25, 0.3) is 0 Å². The van der Waals surface area contributed by atoms with E-state index < -0.39 is 0 Å². The molecule has 35 heavy (non-hydrogen) atoms. The molecule has 2 aliphatic heterocycles. The highest BCUT2D eigenvalue weighted by atomic mass is 16.7. The third kappa shape index (κ3) is 5.82. The first kappa shape index (κ1) is 25.1. The lowest BCUT2D eigenvalue weighted by atomic mass is 10.0. The quantitative estimate of drug-likeness (QED) is 0.649. The number of aliphatic hydroxyl groups excluding tert-OH is 1. The number of hydrogen-bond acceptors (Lipinski definition) is 7. The summed E-state index contributed by atoms with van der Waals surface area (Å²) in [5.41, 5.74) is 3.02. The number of benzene rings is 2. The molecule has 0 bridgehead atoms. The summed E-state index contributed by atoms with van der Waals surface area (Å²) >= 11 is 0. The van der Waals surface area contributed by atoms with Crippen LogP contribution in [0.25, 0.3) is 0 Å². The first-order valence-corrected chi connectivity index (χ1v) is 12.2. The normalized spacial score (nSPS) is 20.5. The first-order chi connectivity index (χ1) is 16.7. The van der Waals surface area contributed by atoms with Crippen molar-refractivity contribution in [1.82, 2.24) is 9.80 Å². The monoisotopic (exact) mass is 483 g/mol. The van der Waals surface area contributed by atoms with E-state index >= 15 is 0 Å². The molecule has 1 amide bonds. The zero-order valence-corrected chi connectivity index (χ0v) is 21.4. The van der Waals surface area contributed by atoms with Gasteiger partial charge in [-0.15, -0.1) is 0 Å². The van der Waals surface area contributed by atoms with Crippen LogP contribution < -0.4 is 19.1 Å². The SMILES string of the molecule is C[C@@H]1CN([C@@H](C)CO)C(=O)Cc2cc(N(C)C)ccc2O[C@H]1CN(C)Cc1ccc2c(c1)OCO2. The molecular formula is C27H37N3O5. The van der Waals surface area contributed by atoms with Crippen LogP contribution in [0.3, 0.4) is 0 Å². The molecule has 0 spiro atoms. The molecule has 0 fully saturated rings. The summed E-state index contributed by atoms with van der Waals surface area (Å²) in [6.07, 6.45) is 0.102. The minimum atomic E-state index is -0.254. The molecule has 2 heterocycles. The average Bonchev–Trinajstić information content (AvgIpc) is 3.30. The Hall–Kier alpha value is -2.97. The van der Waals surface area contributed by atoms with Crippen molar-refractivity contribution in [3.63, 3.8) is 0 Å². The first-order valence-electron chi connectivity index (χ1n) is 12.2. The third-order valence-corrected chi connectivity index (χ3v) is 6.80. The van der Waals surface area contributed by atoms with E-state index in [9.17, 15) is 9.90 Å². The molecule has 0 aromatic heterocycles. The molecule has 8 nitrogen and oxygen atoms in total. The second-order valence-corrected chi connectivity index (χ2v) is 9.96. The standard InChI is InChI=1S/C27H37N3O5/c1-18-13-30(19(2)16-31)27(32)12-21-11-22(28(3)4)7-9-23(21)35-26(18)15-29(5)14-20-6-8-24-25(10-20)34-17-33-24/h6-11,18-19,26,31H,12-17H2,1-5H3/t18-,19+,26+/m1/s1. The van der Waals surface area contributed by atoms with Gasteiger partial charge in [-0.05, 0) is 49.9 Å². The van der Waals surface area contributed by atoms with E-state index in [2.05, 4.69) is 24.9 Å². The Kier molecular flexibility index (Phi) is 7.72. The lowest BCUT2D eigenvalue weighted by Crippen LogP contribution is -2.47. The van der Waals surface area contributed by atoms with Gasteiger partial charge in [0.15, 0.2) is 11.5 Å². The van der Waals surface area contributed by atoms with E-state index in [1.165, 1.54) is 0 Å². The number of likely N-dealkylation sites (N-methyl/N-ethyl adjacent to an activating group) is 1. The predicted molar refractivity (Wildman–Crippen MR) is 135 cm³/mol. The van der Waals surface area contributed by atoms with Crippen molar-refractivity contribution in [3.05, 3.63) is 47.5 Å². The van der Waals surface area contributed by atoms with Crippen molar-refractivity contribution in [1.29, 1.82) is 0 Å². The maximum atomic E-state index is 13.3. The van der Waals surface area contributed by atoms with Gasteiger partial charge in [0, 0.05) is 50.9 Å². The highest BCUT2D eigenvalue weighted by Gasteiger charge is 2.31. The van der Waals surface area contributed by atoms with E-state index in [0.717, 1.165) is 40.6 Å². The smallest absolute Gasteiger partial charge is 0.231 e. The fourth-order valence-corrected chi connectivity index (χ4v) is 4.63. The van der Waals surface area contributed by atoms with Crippen molar-refractivity contribution in [3.8, 4) is 17.2 Å². The van der Waals surface area contributed by atoms with Crippen LogP contribution in [0.1, 0.15) is 25.0 Å². The zero-order chi connectivity index (χ0) is 25.1. The molecule has 4 rings (SSSR count). The van der Waals surface area contributed by atoms with Gasteiger partial charge in [-0.2, -0.15) is 0 Å². The number of anilines is 1. The maximum Gasteiger partial charge on any atom is 0.231 e. The van der Waals surface area contributed by atoms with Crippen LogP contribution in [0, 0.1) is 5.92 Å². The van der Waals surface area contributed by atoms with Gasteiger partial charge in [0.2, 0.25) is 12.7 Å². The molecule has 0 aliphatic carbocycles. The van der Waals surface area contributed by atoms with Crippen LogP contribution in [0.15, 0.2) is 36.4 Å². The molecule has 8 heteroatoms. The summed E-state index contributed by atoms with van der Waals surface area (Å²) in [7, 11) is 6.04. The Morgan fingerprint density at radius 2 is 1.83 bits per heavy atom. The number of carbonyl (C=O) groups excluding carboxylic acids is 1. The van der Waals surface area contributed by atoms with Crippen molar-refractivity contribution in [2.45, 2.75) is 39.0 Å². The van der Waals surface area contributed by atoms with Crippen molar-refractivity contribution in [2.75, 3.05) is 52.5 Å². The number of amides is 1. The summed E-state index contributed by atoms with van der Waals surface area (Å²) in [4.78, 5) is 19.3. The number of aliphatic hydroxyl groups is 1. The second-order valence-electron chi connectivity index (χ2n) is 9.96. The largest absolute Gasteiger partial charge is 0.488 e. The number of fused-ring (bicyclic) bond motifs is 2. The lowest BCUT2D eigenvalue weighted by Gasteiger charge is -2.34. The Morgan fingerprint density at radius 3 is 2.57 bits per heavy atom. The van der Waals surface area contributed by atoms with E-state index in [0.29, 0.717) is 13.1 Å². The Bertz CT molecular complexity index is 1040. The van der Waals surface area contributed by atoms with Crippen molar-refractivity contribution in [2.24, 2.45) is 5.92 Å². The van der Waals surface area contributed by atoms with E-state index in [1.54, 1.807) is 4.90 Å². The minimum Gasteiger partial charge on any atom is -0.488 e. The van der Waals surface area contributed by atoms with E-state index in [4.69, 9.17) is 14.2 Å². The minimum absolute atomic E-state index is 0.00789. The summed E-state index contributed by atoms with van der Waals surface area (Å²) in [5.74, 6) is 2.37. The molecule has 190 valence electrons. The number of ether oxygens (including phenoxy) is 3. The summed E-state index contributed by atoms with van der Waals surface area (Å²) in [5, 5.41) is 9.82. The topological polar surface area (TPSA) is 74.7 Å². The van der Waals surface area contributed by atoms with Crippen molar-refractivity contribution < 1.29 is 24.1 Å². The van der Waals surface area contributed by atoms with Gasteiger partial charge in [-0.1, -0.05) is 13.0 Å². The fraction of sp³-hybridized carbons (Fsp3) is 0.519. The number of carbonyl (C=O) groups is 1. The highest BCUT2D eigenvalue weighted by molar-refractivity contribution is 5.80. The summed E-state index contributed by atoms with van der Waals surface area (Å²) in [6, 6.07) is 11.8. The Morgan fingerprint density at radius 1 is 1.09 bits per heavy atom. The molecule has 2 aromatic rings.